The second-order valence-corrected chi connectivity index (χ2v) is 1.61. The summed E-state index contributed by atoms with van der Waals surface area (Å²) in [6.45, 7) is 0. The van der Waals surface area contributed by atoms with Gasteiger partial charge in [-0.15, -0.1) is 0 Å². The van der Waals surface area contributed by atoms with E-state index < -0.39 is 0 Å². The summed E-state index contributed by atoms with van der Waals surface area (Å²) in [7, 11) is 1.50. The molecular formula is C6H7NO3. The largest absolute Gasteiger partial charge is 0.468 e. The van der Waals surface area contributed by atoms with E-state index in [0.717, 1.165) is 0 Å². The van der Waals surface area contributed by atoms with Crippen LogP contribution in [0.1, 0.15) is 5.76 Å². The van der Waals surface area contributed by atoms with Crippen molar-refractivity contribution in [3.63, 3.8) is 0 Å². The second-order valence-electron chi connectivity index (χ2n) is 1.61. The molecule has 0 atom stereocenters. The number of hydrogen-bond donors (Lipinski definition) is 1. The van der Waals surface area contributed by atoms with E-state index in [-0.39, 0.29) is 0 Å². The van der Waals surface area contributed by atoms with Crippen LogP contribution in [-0.2, 0) is 0 Å². The Bertz CT molecular complexity index is 229. The van der Waals surface area contributed by atoms with Crippen molar-refractivity contribution in [1.82, 2.24) is 0 Å². The molecule has 0 unspecified atom stereocenters. The van der Waals surface area contributed by atoms with Crippen LogP contribution in [0.2, 0.25) is 0 Å². The van der Waals surface area contributed by atoms with E-state index in [1.807, 2.05) is 0 Å². The third-order valence-electron chi connectivity index (χ3n) is 0.988. The number of furan rings is 1. The van der Waals surface area contributed by atoms with Crippen molar-refractivity contribution >= 4 is 6.21 Å². The molecule has 1 aromatic heterocycles. The first-order valence-corrected chi connectivity index (χ1v) is 2.68. The van der Waals surface area contributed by atoms with Gasteiger partial charge in [0.25, 0.3) is 5.95 Å². The quantitative estimate of drug-likeness (QED) is 0.381. The molecular weight excluding hydrogens is 134 g/mol. The molecule has 1 rings (SSSR count). The molecule has 1 aromatic rings. The fourth-order valence-electron chi connectivity index (χ4n) is 0.570. The summed E-state index contributed by atoms with van der Waals surface area (Å²) >= 11 is 0. The van der Waals surface area contributed by atoms with Gasteiger partial charge >= 0.3 is 0 Å². The Kier molecular flexibility index (Phi) is 1.94. The lowest BCUT2D eigenvalue weighted by Crippen LogP contribution is -1.77. The summed E-state index contributed by atoms with van der Waals surface area (Å²) in [4.78, 5) is 0. The normalized spacial score (nSPS) is 10.5. The number of ether oxygens (including phenoxy) is 1. The zero-order valence-corrected chi connectivity index (χ0v) is 5.44. The molecule has 0 spiro atoms. The van der Waals surface area contributed by atoms with E-state index in [4.69, 9.17) is 14.4 Å². The Morgan fingerprint density at radius 3 is 3.00 bits per heavy atom. The van der Waals surface area contributed by atoms with Crippen LogP contribution >= 0.6 is 0 Å². The highest BCUT2D eigenvalue weighted by Gasteiger charge is 1.96. The van der Waals surface area contributed by atoms with Crippen LogP contribution in [-0.4, -0.2) is 18.5 Å². The first kappa shape index (κ1) is 6.67. The fraction of sp³-hybridized carbons (Fsp3) is 0.167. The van der Waals surface area contributed by atoms with Crippen molar-refractivity contribution in [3.05, 3.63) is 17.9 Å². The molecule has 1 heterocycles. The first-order valence-electron chi connectivity index (χ1n) is 2.68. The van der Waals surface area contributed by atoms with Gasteiger partial charge in [-0.3, -0.25) is 0 Å². The lowest BCUT2D eigenvalue weighted by molar-refractivity contribution is 0.300. The Morgan fingerprint density at radius 2 is 2.50 bits per heavy atom. The molecule has 0 aliphatic rings. The lowest BCUT2D eigenvalue weighted by atomic mass is 10.5. The molecule has 0 aliphatic heterocycles. The number of methoxy groups -OCH3 is 1. The predicted molar refractivity (Wildman–Crippen MR) is 34.6 cm³/mol. The van der Waals surface area contributed by atoms with Crippen molar-refractivity contribution in [2.75, 3.05) is 7.11 Å². The molecule has 1 N–H and O–H groups in total. The van der Waals surface area contributed by atoms with Crippen molar-refractivity contribution in [1.29, 1.82) is 0 Å². The molecule has 0 radical (unpaired) electrons. The number of rotatable bonds is 2. The van der Waals surface area contributed by atoms with Gasteiger partial charge in [0.1, 0.15) is 6.21 Å². The zero-order chi connectivity index (χ0) is 7.40. The van der Waals surface area contributed by atoms with Crippen LogP contribution in [0, 0.1) is 0 Å². The van der Waals surface area contributed by atoms with E-state index in [2.05, 4.69) is 5.16 Å². The highest BCUT2D eigenvalue weighted by molar-refractivity contribution is 5.75. The molecule has 0 saturated carbocycles. The van der Waals surface area contributed by atoms with Crippen LogP contribution < -0.4 is 4.74 Å². The molecule has 4 heteroatoms. The minimum Gasteiger partial charge on any atom is -0.468 e. The minimum absolute atomic E-state index is 0.398. The van der Waals surface area contributed by atoms with Gasteiger partial charge in [-0.25, -0.2) is 0 Å². The summed E-state index contributed by atoms with van der Waals surface area (Å²) in [5, 5.41) is 10.8. The van der Waals surface area contributed by atoms with Gasteiger partial charge in [-0.2, -0.15) is 0 Å². The van der Waals surface area contributed by atoms with Gasteiger partial charge in [0.2, 0.25) is 0 Å². The monoisotopic (exact) mass is 141 g/mol. The van der Waals surface area contributed by atoms with Gasteiger partial charge < -0.3 is 14.4 Å². The summed E-state index contributed by atoms with van der Waals surface area (Å²) in [6.07, 6.45) is 1.18. The number of nitrogens with zero attached hydrogens (tertiary/aromatic N) is 1. The van der Waals surface area contributed by atoms with Crippen molar-refractivity contribution < 1.29 is 14.4 Å². The van der Waals surface area contributed by atoms with E-state index >= 15 is 0 Å². The van der Waals surface area contributed by atoms with Gasteiger partial charge in [-0.05, 0) is 6.07 Å². The Morgan fingerprint density at radius 1 is 1.70 bits per heavy atom. The minimum atomic E-state index is 0.398. The van der Waals surface area contributed by atoms with Gasteiger partial charge in [0.15, 0.2) is 5.76 Å². The highest BCUT2D eigenvalue weighted by Crippen LogP contribution is 2.12. The lowest BCUT2D eigenvalue weighted by Gasteiger charge is -1.88. The molecule has 0 bridgehead atoms. The van der Waals surface area contributed by atoms with E-state index in [1.165, 1.54) is 13.3 Å². The van der Waals surface area contributed by atoms with Crippen molar-refractivity contribution in [2.24, 2.45) is 5.16 Å². The summed E-state index contributed by atoms with van der Waals surface area (Å²) in [5.41, 5.74) is 0. The maximum Gasteiger partial charge on any atom is 0.284 e. The van der Waals surface area contributed by atoms with Gasteiger partial charge in [0, 0.05) is 6.07 Å². The standard InChI is InChI=1S/C6H7NO3/c1-9-6-3-2-5(10-6)4-7-8/h2-4,8H,1H3/b7-4+. The van der Waals surface area contributed by atoms with Gasteiger partial charge in [-0.1, -0.05) is 5.16 Å². The maximum atomic E-state index is 8.07. The molecule has 4 nitrogen and oxygen atoms in total. The smallest absolute Gasteiger partial charge is 0.284 e. The summed E-state index contributed by atoms with van der Waals surface area (Å²) in [6, 6.07) is 3.27. The number of oxime groups is 1. The van der Waals surface area contributed by atoms with Crippen LogP contribution in [0.15, 0.2) is 21.7 Å². The second kappa shape index (κ2) is 2.91. The predicted octanol–water partition coefficient (Wildman–Crippen LogP) is 1.10. The van der Waals surface area contributed by atoms with Crippen LogP contribution in [0.3, 0.4) is 0 Å². The third-order valence-corrected chi connectivity index (χ3v) is 0.988. The van der Waals surface area contributed by atoms with Crippen molar-refractivity contribution in [3.8, 4) is 5.95 Å². The Hall–Kier alpha value is -1.45. The molecule has 0 aliphatic carbocycles. The molecule has 10 heavy (non-hydrogen) atoms. The number of hydrogen-bond acceptors (Lipinski definition) is 4. The molecule has 0 fully saturated rings. The molecule has 0 aromatic carbocycles. The Labute approximate surface area is 57.7 Å². The summed E-state index contributed by atoms with van der Waals surface area (Å²) < 4.78 is 9.67. The van der Waals surface area contributed by atoms with Crippen LogP contribution in [0.4, 0.5) is 0 Å². The zero-order valence-electron chi connectivity index (χ0n) is 5.44. The molecule has 0 amide bonds. The van der Waals surface area contributed by atoms with E-state index in [1.54, 1.807) is 12.1 Å². The van der Waals surface area contributed by atoms with Crippen LogP contribution in [0.25, 0.3) is 0 Å². The Balaban J connectivity index is 2.78. The van der Waals surface area contributed by atoms with E-state index in [9.17, 15) is 0 Å². The average Bonchev–Trinajstić information content (AvgIpc) is 2.37. The summed E-state index contributed by atoms with van der Waals surface area (Å²) in [5.74, 6) is 0.856. The first-order chi connectivity index (χ1) is 4.86. The maximum absolute atomic E-state index is 8.07. The topological polar surface area (TPSA) is 55.0 Å². The van der Waals surface area contributed by atoms with Crippen molar-refractivity contribution in [2.45, 2.75) is 0 Å². The van der Waals surface area contributed by atoms with Crippen LogP contribution in [0.5, 0.6) is 5.95 Å². The average molecular weight is 141 g/mol. The SMILES string of the molecule is COc1ccc(/C=N/O)o1. The third kappa shape index (κ3) is 1.28. The molecule has 0 saturated heterocycles. The molecule has 54 valence electrons. The van der Waals surface area contributed by atoms with E-state index in [0.29, 0.717) is 11.7 Å². The van der Waals surface area contributed by atoms with Gasteiger partial charge in [0.05, 0.1) is 7.11 Å². The highest BCUT2D eigenvalue weighted by atomic mass is 16.6. The fourth-order valence-corrected chi connectivity index (χ4v) is 0.570.